The molecule has 0 saturated carbocycles. The third-order valence-corrected chi connectivity index (χ3v) is 6.29. The zero-order valence-electron chi connectivity index (χ0n) is 20.8. The van der Waals surface area contributed by atoms with Crippen LogP contribution in [-0.4, -0.2) is 99.9 Å². The molecule has 3 rings (SSSR count). The number of methoxy groups -OCH3 is 1. The summed E-state index contributed by atoms with van der Waals surface area (Å²) in [7, 11) is 1.16. The van der Waals surface area contributed by atoms with Crippen molar-refractivity contribution in [3.05, 3.63) is 47.2 Å². The topological polar surface area (TPSA) is 202 Å². The Morgan fingerprint density at radius 2 is 1.82 bits per heavy atom. The highest BCUT2D eigenvalue weighted by atomic mass is 16.8. The van der Waals surface area contributed by atoms with E-state index in [0.717, 1.165) is 13.4 Å². The Morgan fingerprint density at radius 1 is 1.08 bits per heavy atom. The summed E-state index contributed by atoms with van der Waals surface area (Å²) in [5, 5.41) is 58.8. The summed E-state index contributed by atoms with van der Waals surface area (Å²) >= 11 is 0. The lowest BCUT2D eigenvalue weighted by atomic mass is 9.86. The molecule has 38 heavy (non-hydrogen) atoms. The molecular formula is C25H32O13. The van der Waals surface area contributed by atoms with Gasteiger partial charge in [-0.2, -0.15) is 0 Å². The second-order valence-corrected chi connectivity index (χ2v) is 8.71. The molecule has 13 heteroatoms. The van der Waals surface area contributed by atoms with E-state index in [1.165, 1.54) is 12.1 Å². The average molecular weight is 541 g/mol. The zero-order valence-corrected chi connectivity index (χ0v) is 20.8. The minimum Gasteiger partial charge on any atom is -0.504 e. The van der Waals surface area contributed by atoms with Crippen molar-refractivity contribution in [3.8, 4) is 11.5 Å². The van der Waals surface area contributed by atoms with Crippen LogP contribution in [0.25, 0.3) is 0 Å². The van der Waals surface area contributed by atoms with Gasteiger partial charge in [0.25, 0.3) is 0 Å². The van der Waals surface area contributed by atoms with Gasteiger partial charge in [-0.05, 0) is 24.6 Å². The van der Waals surface area contributed by atoms with Crippen LogP contribution in [0.2, 0.25) is 0 Å². The first-order valence-corrected chi connectivity index (χ1v) is 11.8. The second kappa shape index (κ2) is 13.0. The summed E-state index contributed by atoms with van der Waals surface area (Å²) in [6.45, 7) is 0.912. The van der Waals surface area contributed by atoms with E-state index in [9.17, 15) is 40.2 Å². The van der Waals surface area contributed by atoms with E-state index >= 15 is 0 Å². The van der Waals surface area contributed by atoms with E-state index in [0.29, 0.717) is 11.1 Å². The molecule has 13 nitrogen and oxygen atoms in total. The Bertz CT molecular complexity index is 1050. The molecule has 0 bridgehead atoms. The van der Waals surface area contributed by atoms with E-state index in [2.05, 4.69) is 0 Å². The standard InChI is InChI=1S/C25H32O13/c1-3-13-14(9-19(29)35-7-6-12-4-5-16(27)17(28)8-12)15(23(33)34-2)11-36-24(13)38-25-22(32)21(31)20(30)18(10-26)37-25/h3-5,8,11,14,18,20-22,24-28,30-32H,6-7,9-10H2,1-2H3/b13-3-/t14-,18?,20+,21?,22?,24?,25-/m0/s1. The van der Waals surface area contributed by atoms with Gasteiger partial charge in [-0.1, -0.05) is 12.1 Å². The van der Waals surface area contributed by atoms with E-state index in [1.54, 1.807) is 19.1 Å². The van der Waals surface area contributed by atoms with E-state index < -0.39 is 61.5 Å². The van der Waals surface area contributed by atoms with Gasteiger partial charge < -0.3 is 54.3 Å². The van der Waals surface area contributed by atoms with Gasteiger partial charge in [0.2, 0.25) is 6.29 Å². The molecule has 1 fully saturated rings. The molecule has 0 aliphatic carbocycles. The molecule has 1 aromatic carbocycles. The van der Waals surface area contributed by atoms with Gasteiger partial charge in [-0.3, -0.25) is 4.79 Å². The number of aliphatic hydroxyl groups is 4. The fraction of sp³-hybridized carbons (Fsp3) is 0.520. The third kappa shape index (κ3) is 6.62. The number of phenols is 2. The number of esters is 2. The highest BCUT2D eigenvalue weighted by Gasteiger charge is 2.46. The fourth-order valence-corrected chi connectivity index (χ4v) is 4.16. The predicted molar refractivity (Wildman–Crippen MR) is 126 cm³/mol. The van der Waals surface area contributed by atoms with E-state index in [4.69, 9.17) is 23.7 Å². The van der Waals surface area contributed by atoms with Crippen molar-refractivity contribution in [1.82, 2.24) is 0 Å². The van der Waals surface area contributed by atoms with Crippen molar-refractivity contribution < 1.29 is 63.9 Å². The Balaban J connectivity index is 1.71. The van der Waals surface area contributed by atoms with Crippen LogP contribution >= 0.6 is 0 Å². The lowest BCUT2D eigenvalue weighted by Gasteiger charge is -2.41. The minimum atomic E-state index is -1.69. The number of aliphatic hydroxyl groups excluding tert-OH is 4. The minimum absolute atomic E-state index is 0.00894. The summed E-state index contributed by atoms with van der Waals surface area (Å²) in [5.41, 5.74) is 0.927. The fourth-order valence-electron chi connectivity index (χ4n) is 4.16. The van der Waals surface area contributed by atoms with Crippen LogP contribution in [0, 0.1) is 5.92 Å². The summed E-state index contributed by atoms with van der Waals surface area (Å²) < 4.78 is 26.7. The maximum Gasteiger partial charge on any atom is 0.337 e. The lowest BCUT2D eigenvalue weighted by molar-refractivity contribution is -0.327. The van der Waals surface area contributed by atoms with Gasteiger partial charge >= 0.3 is 11.9 Å². The highest BCUT2D eigenvalue weighted by Crippen LogP contribution is 2.36. The first-order chi connectivity index (χ1) is 18.1. The number of hydrogen-bond acceptors (Lipinski definition) is 13. The molecule has 6 N–H and O–H groups in total. The number of aromatic hydroxyl groups is 2. The van der Waals surface area contributed by atoms with Crippen LogP contribution in [0.15, 0.2) is 41.7 Å². The van der Waals surface area contributed by atoms with Gasteiger partial charge in [-0.25, -0.2) is 4.79 Å². The molecule has 210 valence electrons. The summed E-state index contributed by atoms with van der Waals surface area (Å²) in [6.07, 6.45) is -6.39. The first kappa shape index (κ1) is 29.4. The molecule has 7 atom stereocenters. The third-order valence-electron chi connectivity index (χ3n) is 6.29. The molecule has 0 radical (unpaired) electrons. The Labute approximate surface area is 218 Å². The predicted octanol–water partition coefficient (Wildman–Crippen LogP) is -0.634. The monoisotopic (exact) mass is 540 g/mol. The number of phenolic OH excluding ortho intramolecular Hbond substituents is 2. The zero-order chi connectivity index (χ0) is 28.0. The largest absolute Gasteiger partial charge is 0.504 e. The van der Waals surface area contributed by atoms with E-state index in [-0.39, 0.29) is 36.5 Å². The Kier molecular flexibility index (Phi) is 10.1. The van der Waals surface area contributed by atoms with Crippen LogP contribution in [0.3, 0.4) is 0 Å². The number of benzene rings is 1. The maximum atomic E-state index is 12.7. The number of carbonyl (C=O) groups excluding carboxylic acids is 2. The molecule has 1 saturated heterocycles. The SMILES string of the molecule is C/C=C1\C(O[C@@H]2OC(CO)[C@@H](O)C(O)C2O)OC=C(C(=O)OC)[C@H]1CC(=O)OCCc1ccc(O)c(O)c1. The molecule has 0 spiro atoms. The van der Waals surface area contributed by atoms with Crippen LogP contribution in [0.5, 0.6) is 11.5 Å². The molecule has 4 unspecified atom stereocenters. The van der Waals surface area contributed by atoms with Crippen molar-refractivity contribution in [2.45, 2.75) is 56.8 Å². The number of carbonyl (C=O) groups is 2. The number of ether oxygens (including phenoxy) is 5. The number of hydrogen-bond donors (Lipinski definition) is 6. The molecule has 2 aliphatic heterocycles. The van der Waals surface area contributed by atoms with Crippen molar-refractivity contribution in [3.63, 3.8) is 0 Å². The van der Waals surface area contributed by atoms with Crippen molar-refractivity contribution in [2.24, 2.45) is 5.92 Å². The number of rotatable bonds is 9. The normalized spacial score (nSPS) is 30.3. The highest BCUT2D eigenvalue weighted by molar-refractivity contribution is 5.90. The number of allylic oxidation sites excluding steroid dienone is 1. The Hall–Kier alpha value is -3.20. The summed E-state index contributed by atoms with van der Waals surface area (Å²) in [6, 6.07) is 4.23. The van der Waals surface area contributed by atoms with Crippen molar-refractivity contribution in [1.29, 1.82) is 0 Å². The van der Waals surface area contributed by atoms with Crippen LogP contribution in [0.4, 0.5) is 0 Å². The van der Waals surface area contributed by atoms with Gasteiger partial charge in [0, 0.05) is 17.9 Å². The van der Waals surface area contributed by atoms with Crippen LogP contribution in [0.1, 0.15) is 18.9 Å². The maximum absolute atomic E-state index is 12.7. The first-order valence-electron chi connectivity index (χ1n) is 11.8. The van der Waals surface area contributed by atoms with E-state index in [1.807, 2.05) is 0 Å². The molecule has 1 aromatic rings. The molecule has 2 aliphatic rings. The van der Waals surface area contributed by atoms with Gasteiger partial charge in [-0.15, -0.1) is 0 Å². The van der Waals surface area contributed by atoms with Crippen molar-refractivity contribution >= 4 is 11.9 Å². The van der Waals surface area contributed by atoms with Gasteiger partial charge in [0.05, 0.1) is 38.6 Å². The second-order valence-electron chi connectivity index (χ2n) is 8.71. The average Bonchev–Trinajstić information content (AvgIpc) is 2.90. The Morgan fingerprint density at radius 3 is 2.45 bits per heavy atom. The molecule has 0 amide bonds. The molecule has 2 heterocycles. The quantitative estimate of drug-likeness (QED) is 0.131. The summed E-state index contributed by atoms with van der Waals surface area (Å²) in [5.74, 6) is -2.89. The molecule has 0 aromatic heterocycles. The van der Waals surface area contributed by atoms with Crippen LogP contribution < -0.4 is 0 Å². The smallest absolute Gasteiger partial charge is 0.337 e. The molecular weight excluding hydrogens is 508 g/mol. The van der Waals surface area contributed by atoms with Gasteiger partial charge in [0.1, 0.15) is 24.4 Å². The van der Waals surface area contributed by atoms with Crippen molar-refractivity contribution in [2.75, 3.05) is 20.3 Å². The lowest BCUT2D eigenvalue weighted by Crippen LogP contribution is -2.60. The summed E-state index contributed by atoms with van der Waals surface area (Å²) in [4.78, 5) is 25.1. The van der Waals surface area contributed by atoms with Gasteiger partial charge in [0.15, 0.2) is 17.8 Å². The van der Waals surface area contributed by atoms with Crippen LogP contribution in [-0.2, 0) is 39.7 Å².